The molecule has 0 spiro atoms. The van der Waals surface area contributed by atoms with E-state index in [1.54, 1.807) is 6.20 Å². The van der Waals surface area contributed by atoms with Gasteiger partial charge in [0.15, 0.2) is 0 Å². The van der Waals surface area contributed by atoms with Crippen LogP contribution in [0.3, 0.4) is 0 Å². The van der Waals surface area contributed by atoms with Gasteiger partial charge in [0.25, 0.3) is 0 Å². The highest BCUT2D eigenvalue weighted by Gasteiger charge is 2.27. The Hall–Kier alpha value is -1.89. The molecule has 0 aliphatic carbocycles. The molecule has 0 unspecified atom stereocenters. The van der Waals surface area contributed by atoms with Crippen LogP contribution in [0, 0.1) is 6.92 Å². The molecule has 0 saturated carbocycles. The smallest absolute Gasteiger partial charge is 0.222 e. The molecular formula is C16H24N4O3. The third-order valence-corrected chi connectivity index (χ3v) is 4.44. The van der Waals surface area contributed by atoms with E-state index >= 15 is 0 Å². The van der Waals surface area contributed by atoms with Gasteiger partial charge in [0.2, 0.25) is 11.8 Å². The van der Waals surface area contributed by atoms with Crippen molar-refractivity contribution in [3.63, 3.8) is 0 Å². The molecule has 126 valence electrons. The molecule has 1 atom stereocenters. The van der Waals surface area contributed by atoms with Crippen LogP contribution >= 0.6 is 0 Å². The lowest BCUT2D eigenvalue weighted by molar-refractivity contribution is -0.139. The maximum absolute atomic E-state index is 12.4. The van der Waals surface area contributed by atoms with Crippen LogP contribution in [0.1, 0.15) is 43.3 Å². The third kappa shape index (κ3) is 3.90. The number of morpholine rings is 1. The van der Waals surface area contributed by atoms with E-state index in [0.29, 0.717) is 39.1 Å². The van der Waals surface area contributed by atoms with Crippen molar-refractivity contribution in [1.82, 2.24) is 19.8 Å². The number of imidazole rings is 1. The Morgan fingerprint density at radius 2 is 2.35 bits per heavy atom. The van der Waals surface area contributed by atoms with Gasteiger partial charge in [-0.1, -0.05) is 0 Å². The number of nitrogens with one attached hydrogen (secondary N) is 1. The van der Waals surface area contributed by atoms with E-state index < -0.39 is 0 Å². The van der Waals surface area contributed by atoms with Crippen LogP contribution < -0.4 is 0 Å². The second-order valence-corrected chi connectivity index (χ2v) is 6.24. The molecule has 7 heteroatoms. The summed E-state index contributed by atoms with van der Waals surface area (Å²) in [6.45, 7) is 5.16. The molecule has 1 N–H and O–H groups in total. The number of carbonyl (C=O) groups is 2. The topological polar surface area (TPSA) is 78.5 Å². The van der Waals surface area contributed by atoms with Crippen molar-refractivity contribution in [2.24, 2.45) is 0 Å². The Labute approximate surface area is 136 Å². The first-order chi connectivity index (χ1) is 11.1. The predicted octanol–water partition coefficient (Wildman–Crippen LogP) is 1.02. The number of carbonyl (C=O) groups excluding carboxylic acids is 2. The first-order valence-electron chi connectivity index (χ1n) is 8.32. The van der Waals surface area contributed by atoms with Crippen LogP contribution in [0.2, 0.25) is 0 Å². The van der Waals surface area contributed by atoms with Gasteiger partial charge in [0, 0.05) is 44.4 Å². The number of hydrogen-bond donors (Lipinski definition) is 1. The summed E-state index contributed by atoms with van der Waals surface area (Å²) in [5, 5.41) is 0. The van der Waals surface area contributed by atoms with Gasteiger partial charge in [-0.3, -0.25) is 9.59 Å². The zero-order chi connectivity index (χ0) is 16.2. The largest absolute Gasteiger partial charge is 0.367 e. The van der Waals surface area contributed by atoms with Crippen molar-refractivity contribution in [3.05, 3.63) is 17.7 Å². The van der Waals surface area contributed by atoms with Crippen molar-refractivity contribution in [2.75, 3.05) is 32.8 Å². The van der Waals surface area contributed by atoms with Crippen molar-refractivity contribution in [2.45, 2.75) is 38.7 Å². The normalized spacial score (nSPS) is 22.0. The Kier molecular flexibility index (Phi) is 4.95. The summed E-state index contributed by atoms with van der Waals surface area (Å²) in [6.07, 6.45) is 4.40. The maximum Gasteiger partial charge on any atom is 0.222 e. The monoisotopic (exact) mass is 320 g/mol. The number of aryl methyl sites for hydroxylation is 1. The average Bonchev–Trinajstić information content (AvgIpc) is 3.16. The maximum atomic E-state index is 12.4. The number of rotatable bonds is 5. The molecule has 3 rings (SSSR count). The standard InChI is InChI=1S/C16H24N4O3/c1-12-10-17-16(18-12)13-11-20(8-9-23-13)15(22)5-3-7-19-6-2-4-14(19)21/h10,13H,2-9,11H2,1H3,(H,17,18)/t13-/m0/s1. The van der Waals surface area contributed by atoms with E-state index in [-0.39, 0.29) is 17.9 Å². The van der Waals surface area contributed by atoms with Gasteiger partial charge in [0.05, 0.1) is 13.2 Å². The second-order valence-electron chi connectivity index (χ2n) is 6.24. The van der Waals surface area contributed by atoms with Crippen molar-refractivity contribution >= 4 is 11.8 Å². The summed E-state index contributed by atoms with van der Waals surface area (Å²) in [7, 11) is 0. The number of aromatic nitrogens is 2. The lowest BCUT2D eigenvalue weighted by Crippen LogP contribution is -2.42. The summed E-state index contributed by atoms with van der Waals surface area (Å²) < 4.78 is 5.72. The number of hydrogen-bond acceptors (Lipinski definition) is 4. The van der Waals surface area contributed by atoms with Crippen molar-refractivity contribution in [3.8, 4) is 0 Å². The van der Waals surface area contributed by atoms with Crippen LogP contribution in [0.25, 0.3) is 0 Å². The van der Waals surface area contributed by atoms with Gasteiger partial charge < -0.3 is 19.5 Å². The molecule has 2 aliphatic heterocycles. The molecule has 1 aromatic rings. The Morgan fingerprint density at radius 3 is 3.04 bits per heavy atom. The highest BCUT2D eigenvalue weighted by Crippen LogP contribution is 2.20. The van der Waals surface area contributed by atoms with E-state index in [4.69, 9.17) is 4.74 Å². The van der Waals surface area contributed by atoms with Gasteiger partial charge in [-0.15, -0.1) is 0 Å². The fraction of sp³-hybridized carbons (Fsp3) is 0.688. The second kappa shape index (κ2) is 7.12. The molecular weight excluding hydrogens is 296 g/mol. The summed E-state index contributed by atoms with van der Waals surface area (Å²) in [6, 6.07) is 0. The van der Waals surface area contributed by atoms with E-state index in [2.05, 4.69) is 9.97 Å². The number of ether oxygens (including phenoxy) is 1. The summed E-state index contributed by atoms with van der Waals surface area (Å²) in [5.74, 6) is 1.13. The quantitative estimate of drug-likeness (QED) is 0.878. The molecule has 0 bridgehead atoms. The molecule has 23 heavy (non-hydrogen) atoms. The van der Waals surface area contributed by atoms with Crippen molar-refractivity contribution < 1.29 is 14.3 Å². The molecule has 7 nitrogen and oxygen atoms in total. The minimum Gasteiger partial charge on any atom is -0.367 e. The van der Waals surface area contributed by atoms with Crippen molar-refractivity contribution in [1.29, 1.82) is 0 Å². The SMILES string of the molecule is Cc1cnc([C@@H]2CN(C(=O)CCCN3CCCC3=O)CCO2)[nH]1. The molecule has 0 radical (unpaired) electrons. The lowest BCUT2D eigenvalue weighted by Gasteiger charge is -2.32. The first kappa shape index (κ1) is 16.0. The number of nitrogens with zero attached hydrogens (tertiary/aromatic N) is 3. The third-order valence-electron chi connectivity index (χ3n) is 4.44. The Morgan fingerprint density at radius 1 is 1.48 bits per heavy atom. The Bertz CT molecular complexity index is 571. The lowest BCUT2D eigenvalue weighted by atomic mass is 10.2. The summed E-state index contributed by atoms with van der Waals surface area (Å²) in [4.78, 5) is 35.1. The minimum absolute atomic E-state index is 0.133. The van der Waals surface area contributed by atoms with Crippen LogP contribution in [0.5, 0.6) is 0 Å². The number of H-pyrrole nitrogens is 1. The van der Waals surface area contributed by atoms with E-state index in [9.17, 15) is 9.59 Å². The van der Waals surface area contributed by atoms with Crippen LogP contribution in [-0.2, 0) is 14.3 Å². The molecule has 0 aromatic carbocycles. The molecule has 1 aromatic heterocycles. The number of aromatic amines is 1. The molecule has 2 aliphatic rings. The van der Waals surface area contributed by atoms with E-state index in [1.807, 2.05) is 16.7 Å². The summed E-state index contributed by atoms with van der Waals surface area (Å²) >= 11 is 0. The van der Waals surface area contributed by atoms with Gasteiger partial charge in [0.1, 0.15) is 11.9 Å². The highest BCUT2D eigenvalue weighted by atomic mass is 16.5. The molecule has 2 fully saturated rings. The van der Waals surface area contributed by atoms with E-state index in [0.717, 1.165) is 30.9 Å². The van der Waals surface area contributed by atoms with E-state index in [1.165, 1.54) is 0 Å². The average molecular weight is 320 g/mol. The molecule has 2 saturated heterocycles. The fourth-order valence-corrected chi connectivity index (χ4v) is 3.16. The van der Waals surface area contributed by atoms with Crippen LogP contribution in [0.15, 0.2) is 6.20 Å². The number of amides is 2. The van der Waals surface area contributed by atoms with Gasteiger partial charge >= 0.3 is 0 Å². The van der Waals surface area contributed by atoms with Gasteiger partial charge in [-0.2, -0.15) is 0 Å². The fourth-order valence-electron chi connectivity index (χ4n) is 3.16. The molecule has 2 amide bonds. The van der Waals surface area contributed by atoms with Crippen LogP contribution in [-0.4, -0.2) is 64.4 Å². The first-order valence-corrected chi connectivity index (χ1v) is 8.32. The predicted molar refractivity (Wildman–Crippen MR) is 83.6 cm³/mol. The Balaban J connectivity index is 1.46. The molecule has 3 heterocycles. The summed E-state index contributed by atoms with van der Waals surface area (Å²) in [5.41, 5.74) is 0.988. The minimum atomic E-state index is -0.179. The zero-order valence-corrected chi connectivity index (χ0v) is 13.6. The van der Waals surface area contributed by atoms with Gasteiger partial charge in [-0.25, -0.2) is 4.98 Å². The highest BCUT2D eigenvalue weighted by molar-refractivity contribution is 5.78. The zero-order valence-electron chi connectivity index (χ0n) is 13.6. The van der Waals surface area contributed by atoms with Crippen LogP contribution in [0.4, 0.5) is 0 Å². The van der Waals surface area contributed by atoms with Gasteiger partial charge in [-0.05, 0) is 19.8 Å². The number of likely N-dealkylation sites (tertiary alicyclic amines) is 1.